The average Bonchev–Trinajstić information content (AvgIpc) is 2.77. The Labute approximate surface area is 115 Å². The fraction of sp³-hybridized carbons (Fsp3) is 0.462. The molecular formula is C13H16FN3O3. The van der Waals surface area contributed by atoms with E-state index >= 15 is 0 Å². The number of hydrogen-bond donors (Lipinski definition) is 1. The number of alkyl carbamates (subject to hydrolysis) is 1. The van der Waals surface area contributed by atoms with Gasteiger partial charge in [-0.3, -0.25) is 4.98 Å². The zero-order valence-electron chi connectivity index (χ0n) is 11.5. The van der Waals surface area contributed by atoms with E-state index in [1.807, 2.05) is 0 Å². The van der Waals surface area contributed by atoms with Crippen molar-refractivity contribution in [1.82, 2.24) is 15.3 Å². The van der Waals surface area contributed by atoms with Crippen LogP contribution in [0.2, 0.25) is 0 Å². The molecule has 0 bridgehead atoms. The lowest BCUT2D eigenvalue weighted by molar-refractivity contribution is 0.0510. The van der Waals surface area contributed by atoms with Gasteiger partial charge in [-0.2, -0.15) is 0 Å². The molecule has 1 unspecified atom stereocenters. The van der Waals surface area contributed by atoms with E-state index in [0.29, 0.717) is 11.1 Å². The molecule has 0 saturated heterocycles. The largest absolute Gasteiger partial charge is 0.444 e. The van der Waals surface area contributed by atoms with Crippen molar-refractivity contribution in [2.45, 2.75) is 32.5 Å². The van der Waals surface area contributed by atoms with Crippen molar-refractivity contribution < 1.29 is 18.3 Å². The standard InChI is InChI=1S/C13H16FN3O3/c1-13(2,3)20-12(18)16-6-8(14)11-17-9-7-15-5-4-10(9)19-11/h4-5,7-8H,6H2,1-3H3,(H,16,18). The molecule has 20 heavy (non-hydrogen) atoms. The molecule has 2 heterocycles. The summed E-state index contributed by atoms with van der Waals surface area (Å²) in [5.41, 5.74) is 0.302. The SMILES string of the molecule is CC(C)(C)OC(=O)NCC(F)c1nc2cnccc2o1. The minimum absolute atomic E-state index is 0.0935. The van der Waals surface area contributed by atoms with Crippen molar-refractivity contribution in [3.63, 3.8) is 0 Å². The maximum Gasteiger partial charge on any atom is 0.407 e. The number of alkyl halides is 1. The van der Waals surface area contributed by atoms with Gasteiger partial charge in [-0.1, -0.05) is 0 Å². The Morgan fingerprint density at radius 2 is 2.30 bits per heavy atom. The number of oxazole rings is 1. The number of fused-ring (bicyclic) bond motifs is 1. The molecule has 0 spiro atoms. The van der Waals surface area contributed by atoms with Crippen LogP contribution in [0, 0.1) is 0 Å². The minimum atomic E-state index is -1.55. The molecule has 7 heteroatoms. The molecular weight excluding hydrogens is 265 g/mol. The number of rotatable bonds is 3. The number of ether oxygens (including phenoxy) is 1. The molecule has 6 nitrogen and oxygen atoms in total. The molecule has 0 radical (unpaired) electrons. The smallest absolute Gasteiger partial charge is 0.407 e. The van der Waals surface area contributed by atoms with Crippen LogP contribution in [0.1, 0.15) is 32.8 Å². The predicted octanol–water partition coefficient (Wildman–Crippen LogP) is 2.76. The maximum atomic E-state index is 13.9. The second kappa shape index (κ2) is 5.44. The van der Waals surface area contributed by atoms with E-state index in [1.165, 1.54) is 12.4 Å². The van der Waals surface area contributed by atoms with Gasteiger partial charge in [-0.15, -0.1) is 0 Å². The van der Waals surface area contributed by atoms with Gasteiger partial charge in [0.1, 0.15) is 11.1 Å². The van der Waals surface area contributed by atoms with Gasteiger partial charge in [-0.25, -0.2) is 14.2 Å². The number of aromatic nitrogens is 2. The Hall–Kier alpha value is -2.18. The van der Waals surface area contributed by atoms with Crippen LogP contribution in [0.25, 0.3) is 11.1 Å². The molecule has 0 aliphatic rings. The third-order valence-corrected chi connectivity index (χ3v) is 2.30. The Morgan fingerprint density at radius 1 is 1.55 bits per heavy atom. The van der Waals surface area contributed by atoms with Crippen molar-refractivity contribution in [1.29, 1.82) is 0 Å². The second-order valence-corrected chi connectivity index (χ2v) is 5.25. The lowest BCUT2D eigenvalue weighted by atomic mass is 10.2. The first-order chi connectivity index (χ1) is 9.35. The normalized spacial score (nSPS) is 13.2. The first-order valence-electron chi connectivity index (χ1n) is 6.16. The molecule has 0 aliphatic heterocycles. The van der Waals surface area contributed by atoms with Crippen LogP contribution in [0.5, 0.6) is 0 Å². The van der Waals surface area contributed by atoms with E-state index in [9.17, 15) is 9.18 Å². The van der Waals surface area contributed by atoms with Gasteiger partial charge in [0, 0.05) is 12.3 Å². The van der Waals surface area contributed by atoms with E-state index in [0.717, 1.165) is 0 Å². The Balaban J connectivity index is 1.95. The van der Waals surface area contributed by atoms with Crippen LogP contribution in [-0.4, -0.2) is 28.2 Å². The zero-order chi connectivity index (χ0) is 14.8. The highest BCUT2D eigenvalue weighted by Crippen LogP contribution is 2.21. The van der Waals surface area contributed by atoms with Crippen molar-refractivity contribution in [2.24, 2.45) is 0 Å². The van der Waals surface area contributed by atoms with Gasteiger partial charge in [-0.05, 0) is 20.8 Å². The monoisotopic (exact) mass is 281 g/mol. The van der Waals surface area contributed by atoms with Crippen LogP contribution < -0.4 is 5.32 Å². The molecule has 0 saturated carbocycles. The van der Waals surface area contributed by atoms with E-state index in [2.05, 4.69) is 15.3 Å². The molecule has 1 amide bonds. The number of carbonyl (C=O) groups excluding carboxylic acids is 1. The first-order valence-corrected chi connectivity index (χ1v) is 6.16. The highest BCUT2D eigenvalue weighted by atomic mass is 19.1. The van der Waals surface area contributed by atoms with Crippen molar-refractivity contribution in [2.75, 3.05) is 6.54 Å². The second-order valence-electron chi connectivity index (χ2n) is 5.25. The van der Waals surface area contributed by atoms with Gasteiger partial charge < -0.3 is 14.5 Å². The van der Waals surface area contributed by atoms with Gasteiger partial charge in [0.05, 0.1) is 12.7 Å². The Morgan fingerprint density at radius 3 is 2.95 bits per heavy atom. The van der Waals surface area contributed by atoms with E-state index < -0.39 is 17.9 Å². The number of pyridine rings is 1. The Bertz CT molecular complexity index is 573. The summed E-state index contributed by atoms with van der Waals surface area (Å²) in [6.07, 6.45) is 0.785. The third-order valence-electron chi connectivity index (χ3n) is 2.30. The number of amides is 1. The number of nitrogens with zero attached hydrogens (tertiary/aromatic N) is 2. The van der Waals surface area contributed by atoms with Crippen molar-refractivity contribution >= 4 is 17.2 Å². The zero-order valence-corrected chi connectivity index (χ0v) is 11.5. The van der Waals surface area contributed by atoms with Gasteiger partial charge in [0.15, 0.2) is 11.8 Å². The topological polar surface area (TPSA) is 77.2 Å². The quantitative estimate of drug-likeness (QED) is 0.936. The summed E-state index contributed by atoms with van der Waals surface area (Å²) in [6, 6.07) is 1.60. The van der Waals surface area contributed by atoms with Crippen LogP contribution in [0.15, 0.2) is 22.9 Å². The summed E-state index contributed by atoms with van der Waals surface area (Å²) in [7, 11) is 0. The lowest BCUT2D eigenvalue weighted by Gasteiger charge is -2.19. The number of nitrogens with one attached hydrogen (secondary N) is 1. The van der Waals surface area contributed by atoms with Crippen LogP contribution in [0.3, 0.4) is 0 Å². The molecule has 0 fully saturated rings. The van der Waals surface area contributed by atoms with Crippen LogP contribution >= 0.6 is 0 Å². The summed E-state index contributed by atoms with van der Waals surface area (Å²) in [5, 5.41) is 2.33. The predicted molar refractivity (Wildman–Crippen MR) is 69.9 cm³/mol. The molecule has 1 N–H and O–H groups in total. The van der Waals surface area contributed by atoms with Crippen molar-refractivity contribution in [3.05, 3.63) is 24.4 Å². The molecule has 108 valence electrons. The fourth-order valence-electron chi connectivity index (χ4n) is 1.51. The first kappa shape index (κ1) is 14.2. The van der Waals surface area contributed by atoms with Crippen LogP contribution in [0.4, 0.5) is 9.18 Å². The number of hydrogen-bond acceptors (Lipinski definition) is 5. The summed E-state index contributed by atoms with van der Waals surface area (Å²) in [5.74, 6) is -0.0935. The van der Waals surface area contributed by atoms with Crippen LogP contribution in [-0.2, 0) is 4.74 Å². The molecule has 2 aromatic rings. The summed E-state index contributed by atoms with van der Waals surface area (Å²) in [4.78, 5) is 19.2. The third kappa shape index (κ3) is 3.66. The van der Waals surface area contributed by atoms with E-state index in [-0.39, 0.29) is 12.4 Å². The molecule has 1 atom stereocenters. The fourth-order valence-corrected chi connectivity index (χ4v) is 1.51. The van der Waals surface area contributed by atoms with E-state index in [1.54, 1.807) is 26.8 Å². The highest BCUT2D eigenvalue weighted by Gasteiger charge is 2.21. The Kier molecular flexibility index (Phi) is 3.87. The van der Waals surface area contributed by atoms with Crippen molar-refractivity contribution in [3.8, 4) is 0 Å². The molecule has 2 aromatic heterocycles. The van der Waals surface area contributed by atoms with Gasteiger partial charge >= 0.3 is 6.09 Å². The van der Waals surface area contributed by atoms with Gasteiger partial charge in [0.25, 0.3) is 0 Å². The number of halogens is 1. The van der Waals surface area contributed by atoms with Gasteiger partial charge in [0.2, 0.25) is 5.89 Å². The van der Waals surface area contributed by atoms with E-state index in [4.69, 9.17) is 9.15 Å². The molecule has 2 rings (SSSR count). The average molecular weight is 281 g/mol. The lowest BCUT2D eigenvalue weighted by Crippen LogP contribution is -2.34. The highest BCUT2D eigenvalue weighted by molar-refractivity contribution is 5.71. The summed E-state index contributed by atoms with van der Waals surface area (Å²) < 4.78 is 24.2. The number of carbonyl (C=O) groups is 1. The summed E-state index contributed by atoms with van der Waals surface area (Å²) >= 11 is 0. The minimum Gasteiger partial charge on any atom is -0.444 e. The molecule has 0 aromatic carbocycles. The molecule has 0 aliphatic carbocycles. The summed E-state index contributed by atoms with van der Waals surface area (Å²) in [6.45, 7) is 4.92. The maximum absolute atomic E-state index is 13.9.